The summed E-state index contributed by atoms with van der Waals surface area (Å²) in [7, 11) is 0. The van der Waals surface area contributed by atoms with E-state index in [1.54, 1.807) is 18.7 Å². The zero-order valence-electron chi connectivity index (χ0n) is 20.1. The van der Waals surface area contributed by atoms with E-state index < -0.39 is 0 Å². The van der Waals surface area contributed by atoms with Crippen LogP contribution in [0.5, 0.6) is 0 Å². The fourth-order valence-corrected chi connectivity index (χ4v) is 4.13. The molecule has 3 heterocycles. The molecule has 5 rings (SSSR count). The molecule has 0 saturated heterocycles. The van der Waals surface area contributed by atoms with Gasteiger partial charge in [-0.25, -0.2) is 24.6 Å². The highest BCUT2D eigenvalue weighted by Gasteiger charge is 2.25. The van der Waals surface area contributed by atoms with Crippen molar-refractivity contribution in [2.75, 3.05) is 5.73 Å². The SMILES string of the molecule is CC(C)n1cnc(-c2ccccc2-c2nc3cc(-c4cnc(N)nc4)ccc3n2C(C)(C)C)n1. The van der Waals surface area contributed by atoms with Crippen molar-refractivity contribution in [3.63, 3.8) is 0 Å². The number of fused-ring (bicyclic) bond motifs is 1. The molecule has 0 aliphatic carbocycles. The van der Waals surface area contributed by atoms with E-state index in [4.69, 9.17) is 15.8 Å². The van der Waals surface area contributed by atoms with Crippen molar-refractivity contribution in [2.45, 2.75) is 46.2 Å². The largest absolute Gasteiger partial charge is 0.368 e. The zero-order valence-corrected chi connectivity index (χ0v) is 20.1. The highest BCUT2D eigenvalue weighted by atomic mass is 15.3. The van der Waals surface area contributed by atoms with E-state index in [9.17, 15) is 0 Å². The van der Waals surface area contributed by atoms with Gasteiger partial charge in [-0.15, -0.1) is 0 Å². The molecule has 8 heteroatoms. The monoisotopic (exact) mass is 452 g/mol. The summed E-state index contributed by atoms with van der Waals surface area (Å²) in [4.78, 5) is 18.0. The van der Waals surface area contributed by atoms with E-state index in [-0.39, 0.29) is 17.5 Å². The Balaban J connectivity index is 1.71. The third kappa shape index (κ3) is 3.81. The lowest BCUT2D eigenvalue weighted by molar-refractivity contribution is 0.413. The summed E-state index contributed by atoms with van der Waals surface area (Å²) >= 11 is 0. The van der Waals surface area contributed by atoms with Gasteiger partial charge in [0.05, 0.1) is 11.0 Å². The summed E-state index contributed by atoms with van der Waals surface area (Å²) in [6, 6.07) is 14.7. The minimum atomic E-state index is -0.201. The molecule has 3 aromatic heterocycles. The summed E-state index contributed by atoms with van der Waals surface area (Å²) in [5.41, 5.74) is 11.2. The van der Waals surface area contributed by atoms with Gasteiger partial charge in [-0.1, -0.05) is 30.3 Å². The molecule has 5 aromatic rings. The second-order valence-corrected chi connectivity index (χ2v) is 9.66. The summed E-state index contributed by atoms with van der Waals surface area (Å²) < 4.78 is 4.16. The number of hydrogen-bond acceptors (Lipinski definition) is 6. The van der Waals surface area contributed by atoms with Gasteiger partial charge in [0.15, 0.2) is 5.82 Å². The maximum Gasteiger partial charge on any atom is 0.219 e. The van der Waals surface area contributed by atoms with E-state index in [1.807, 2.05) is 16.8 Å². The molecule has 0 aliphatic rings. The standard InChI is InChI=1S/C26H28N8/c1-16(2)33-15-30-23(32-33)19-8-6-7-9-20(19)24-31-21-12-17(18-13-28-25(27)29-14-18)10-11-22(21)34(24)26(3,4)5/h6-16H,1-5H3,(H2,27,28,29). The van der Waals surface area contributed by atoms with Crippen molar-refractivity contribution in [2.24, 2.45) is 0 Å². The summed E-state index contributed by atoms with van der Waals surface area (Å²) in [6.45, 7) is 10.7. The van der Waals surface area contributed by atoms with Crippen LogP contribution in [0, 0.1) is 0 Å². The van der Waals surface area contributed by atoms with Gasteiger partial charge in [0.1, 0.15) is 12.2 Å². The minimum absolute atomic E-state index is 0.201. The average molecular weight is 453 g/mol. The van der Waals surface area contributed by atoms with Crippen molar-refractivity contribution in [3.8, 4) is 33.9 Å². The molecule has 0 unspecified atom stereocenters. The van der Waals surface area contributed by atoms with Crippen LogP contribution in [-0.4, -0.2) is 34.3 Å². The van der Waals surface area contributed by atoms with Gasteiger partial charge < -0.3 is 10.3 Å². The molecule has 8 nitrogen and oxygen atoms in total. The Labute approximate surface area is 198 Å². The normalized spacial score (nSPS) is 12.1. The first-order valence-electron chi connectivity index (χ1n) is 11.3. The molecule has 0 amide bonds. The Bertz CT molecular complexity index is 1470. The first kappa shape index (κ1) is 21.8. The maximum absolute atomic E-state index is 5.66. The molecule has 0 atom stereocenters. The number of nitrogens with zero attached hydrogens (tertiary/aromatic N) is 7. The number of nitrogen functional groups attached to an aromatic ring is 1. The van der Waals surface area contributed by atoms with Crippen LogP contribution in [-0.2, 0) is 5.54 Å². The second kappa shape index (κ2) is 8.06. The van der Waals surface area contributed by atoms with Crippen molar-refractivity contribution in [1.29, 1.82) is 0 Å². The van der Waals surface area contributed by atoms with Gasteiger partial charge in [-0.05, 0) is 52.3 Å². The fraction of sp³-hybridized carbons (Fsp3) is 0.269. The van der Waals surface area contributed by atoms with Crippen LogP contribution in [0.2, 0.25) is 0 Å². The Morgan fingerprint density at radius 3 is 2.24 bits per heavy atom. The van der Waals surface area contributed by atoms with E-state index in [0.717, 1.165) is 39.1 Å². The third-order valence-electron chi connectivity index (χ3n) is 5.78. The third-order valence-corrected chi connectivity index (χ3v) is 5.78. The summed E-state index contributed by atoms with van der Waals surface area (Å²) in [6.07, 6.45) is 5.25. The topological polar surface area (TPSA) is 100 Å². The Morgan fingerprint density at radius 1 is 0.882 bits per heavy atom. The molecule has 0 bridgehead atoms. The smallest absolute Gasteiger partial charge is 0.219 e. The predicted octanol–water partition coefficient (Wildman–Crippen LogP) is 5.34. The molecule has 34 heavy (non-hydrogen) atoms. The molecule has 0 radical (unpaired) electrons. The first-order chi connectivity index (χ1) is 16.2. The number of anilines is 1. The molecule has 0 spiro atoms. The molecule has 2 N–H and O–H groups in total. The van der Waals surface area contributed by atoms with Crippen molar-refractivity contribution in [1.82, 2.24) is 34.3 Å². The molecule has 172 valence electrons. The second-order valence-electron chi connectivity index (χ2n) is 9.66. The van der Waals surface area contributed by atoms with Gasteiger partial charge in [-0.3, -0.25) is 0 Å². The van der Waals surface area contributed by atoms with E-state index in [0.29, 0.717) is 5.82 Å². The van der Waals surface area contributed by atoms with E-state index in [1.165, 1.54) is 0 Å². The highest BCUT2D eigenvalue weighted by Crippen LogP contribution is 2.37. The van der Waals surface area contributed by atoms with Crippen LogP contribution in [0.25, 0.3) is 44.9 Å². The number of nitrogens with two attached hydrogens (primary N) is 1. The highest BCUT2D eigenvalue weighted by molar-refractivity contribution is 5.88. The quantitative estimate of drug-likeness (QED) is 0.395. The van der Waals surface area contributed by atoms with Crippen molar-refractivity contribution in [3.05, 3.63) is 61.2 Å². The number of hydrogen-bond donors (Lipinski definition) is 1. The van der Waals surface area contributed by atoms with Crippen LogP contribution in [0.1, 0.15) is 40.7 Å². The van der Waals surface area contributed by atoms with Gasteiger partial charge in [0.2, 0.25) is 5.95 Å². The molecule has 0 aliphatic heterocycles. The predicted molar refractivity (Wildman–Crippen MR) is 135 cm³/mol. The van der Waals surface area contributed by atoms with Crippen LogP contribution in [0.3, 0.4) is 0 Å². The van der Waals surface area contributed by atoms with Gasteiger partial charge in [0.25, 0.3) is 0 Å². The number of rotatable bonds is 4. The van der Waals surface area contributed by atoms with Gasteiger partial charge >= 0.3 is 0 Å². The van der Waals surface area contributed by atoms with Gasteiger partial charge in [-0.2, -0.15) is 5.10 Å². The van der Waals surface area contributed by atoms with Crippen molar-refractivity contribution < 1.29 is 0 Å². The lowest BCUT2D eigenvalue weighted by atomic mass is 10.0. The molecular formula is C26H28N8. The number of imidazole rings is 1. The fourth-order valence-electron chi connectivity index (χ4n) is 4.13. The molecule has 0 fully saturated rings. The van der Waals surface area contributed by atoms with Crippen molar-refractivity contribution >= 4 is 17.0 Å². The van der Waals surface area contributed by atoms with Gasteiger partial charge in [0, 0.05) is 40.7 Å². The first-order valence-corrected chi connectivity index (χ1v) is 11.3. The van der Waals surface area contributed by atoms with Crippen LogP contribution < -0.4 is 5.73 Å². The minimum Gasteiger partial charge on any atom is -0.368 e. The molecular weight excluding hydrogens is 424 g/mol. The van der Waals surface area contributed by atoms with Crippen LogP contribution in [0.4, 0.5) is 5.95 Å². The maximum atomic E-state index is 5.66. The summed E-state index contributed by atoms with van der Waals surface area (Å²) in [5.74, 6) is 1.83. The molecule has 0 saturated carbocycles. The summed E-state index contributed by atoms with van der Waals surface area (Å²) in [5, 5.41) is 4.72. The van der Waals surface area contributed by atoms with Crippen LogP contribution in [0.15, 0.2) is 61.2 Å². The lowest BCUT2D eigenvalue weighted by Crippen LogP contribution is -2.22. The molecule has 2 aromatic carbocycles. The van der Waals surface area contributed by atoms with E-state index >= 15 is 0 Å². The number of benzene rings is 2. The Morgan fingerprint density at radius 2 is 1.59 bits per heavy atom. The van der Waals surface area contributed by atoms with E-state index in [2.05, 4.69) is 84.5 Å². The Hall–Kier alpha value is -4.07. The average Bonchev–Trinajstić information content (AvgIpc) is 3.44. The lowest BCUT2D eigenvalue weighted by Gasteiger charge is -2.25. The van der Waals surface area contributed by atoms with Crippen LogP contribution >= 0.6 is 0 Å². The zero-order chi connectivity index (χ0) is 24.0. The Kier molecular flexibility index (Phi) is 5.16. The number of aromatic nitrogens is 7.